The first-order valence-corrected chi connectivity index (χ1v) is 11.9. The van der Waals surface area contributed by atoms with Crippen molar-refractivity contribution in [1.82, 2.24) is 0 Å². The molecule has 0 atom stereocenters. The third-order valence-corrected chi connectivity index (χ3v) is 9.08. The van der Waals surface area contributed by atoms with Gasteiger partial charge in [0.25, 0.3) is 5.69 Å². The maximum Gasteiger partial charge on any atom is 0.270 e. The highest BCUT2D eigenvalue weighted by Gasteiger charge is 2.27. The Morgan fingerprint density at radius 3 is 1.50 bits per heavy atom. The Hall–Kier alpha value is -3.01. The summed E-state index contributed by atoms with van der Waals surface area (Å²) in [6.45, 7) is 0. The first kappa shape index (κ1) is 20.3. The van der Waals surface area contributed by atoms with E-state index in [0.717, 1.165) is 15.9 Å². The lowest BCUT2D eigenvalue weighted by molar-refractivity contribution is -0.384. The van der Waals surface area contributed by atoms with Gasteiger partial charge in [-0.25, -0.2) is 0 Å². The first-order valence-electron chi connectivity index (χ1n) is 9.34. The molecule has 0 radical (unpaired) electrons. The minimum absolute atomic E-state index is 0.0314. The highest BCUT2D eigenvalue weighted by molar-refractivity contribution is 9.10. The molecule has 0 saturated carbocycles. The van der Waals surface area contributed by atoms with Gasteiger partial charge in [0.2, 0.25) is 0 Å². The van der Waals surface area contributed by atoms with E-state index in [1.165, 1.54) is 12.1 Å². The van der Waals surface area contributed by atoms with Crippen LogP contribution < -0.4 is 15.9 Å². The Morgan fingerprint density at radius 1 is 0.700 bits per heavy atom. The number of hydrogen-bond donors (Lipinski definition) is 0. The average molecular weight is 477 g/mol. The lowest BCUT2D eigenvalue weighted by Gasteiger charge is -2.27. The fraction of sp³-hybridized carbons (Fsp3) is 0. The van der Waals surface area contributed by atoms with E-state index < -0.39 is 12.0 Å². The zero-order chi connectivity index (χ0) is 21.0. The highest BCUT2D eigenvalue weighted by atomic mass is 79.9. The van der Waals surface area contributed by atoms with Gasteiger partial charge in [-0.3, -0.25) is 14.9 Å². The van der Waals surface area contributed by atoms with E-state index in [1.54, 1.807) is 6.07 Å². The molecule has 4 nitrogen and oxygen atoms in total. The molecule has 0 heterocycles. The molecule has 4 aromatic rings. The van der Waals surface area contributed by atoms with Gasteiger partial charge in [-0.15, -0.1) is 0 Å². The molecular formula is C24H18BrN2O2P. The summed E-state index contributed by atoms with van der Waals surface area (Å²) in [5, 5.41) is 14.5. The monoisotopic (exact) mass is 476 g/mol. The first-order chi connectivity index (χ1) is 14.6. The topological polar surface area (TPSA) is 55.5 Å². The van der Waals surface area contributed by atoms with Crippen LogP contribution in [0.15, 0.2) is 118 Å². The van der Waals surface area contributed by atoms with Crippen LogP contribution in [0.3, 0.4) is 0 Å². The van der Waals surface area contributed by atoms with Crippen LogP contribution in [0.5, 0.6) is 0 Å². The largest absolute Gasteiger partial charge is 0.270 e. The van der Waals surface area contributed by atoms with Crippen molar-refractivity contribution in [3.8, 4) is 0 Å². The maximum atomic E-state index is 11.2. The lowest BCUT2D eigenvalue weighted by atomic mass is 10.3. The van der Waals surface area contributed by atoms with Gasteiger partial charge in [0.1, 0.15) is 0 Å². The van der Waals surface area contributed by atoms with Gasteiger partial charge in [-0.05, 0) is 22.0 Å². The van der Waals surface area contributed by atoms with E-state index in [2.05, 4.69) is 52.3 Å². The molecule has 0 saturated heterocycles. The van der Waals surface area contributed by atoms with Crippen molar-refractivity contribution in [2.24, 2.45) is 4.74 Å². The lowest BCUT2D eigenvalue weighted by Crippen LogP contribution is -2.25. The molecule has 0 N–H and O–H groups in total. The fourth-order valence-corrected chi connectivity index (χ4v) is 7.55. The number of halogens is 1. The maximum absolute atomic E-state index is 11.2. The van der Waals surface area contributed by atoms with Crippen LogP contribution in [0, 0.1) is 10.1 Å². The normalized spacial score (nSPS) is 11.1. The van der Waals surface area contributed by atoms with E-state index in [0.29, 0.717) is 10.2 Å². The summed E-state index contributed by atoms with van der Waals surface area (Å²) in [4.78, 5) is 10.8. The van der Waals surface area contributed by atoms with Crippen LogP contribution in [0.2, 0.25) is 0 Å². The summed E-state index contributed by atoms with van der Waals surface area (Å²) in [6.07, 6.45) is 0. The van der Waals surface area contributed by atoms with Gasteiger partial charge in [-0.2, -0.15) is 0 Å². The molecule has 0 fully saturated rings. The zero-order valence-corrected chi connectivity index (χ0v) is 18.4. The molecule has 148 valence electrons. The van der Waals surface area contributed by atoms with Crippen LogP contribution in [-0.2, 0) is 0 Å². The van der Waals surface area contributed by atoms with Gasteiger partial charge in [0, 0.05) is 32.5 Å². The summed E-state index contributed by atoms with van der Waals surface area (Å²) in [7, 11) is -2.42. The molecule has 4 rings (SSSR count). The number of hydrogen-bond acceptors (Lipinski definition) is 3. The van der Waals surface area contributed by atoms with Gasteiger partial charge in [0.15, 0.2) is 0 Å². The molecule has 0 aliphatic heterocycles. The van der Waals surface area contributed by atoms with Crippen LogP contribution in [0.25, 0.3) is 0 Å². The quantitative estimate of drug-likeness (QED) is 0.196. The third kappa shape index (κ3) is 3.87. The van der Waals surface area contributed by atoms with Gasteiger partial charge < -0.3 is 0 Å². The Morgan fingerprint density at radius 2 is 1.13 bits per heavy atom. The van der Waals surface area contributed by atoms with Crippen molar-refractivity contribution in [3.63, 3.8) is 0 Å². The molecule has 0 aromatic heterocycles. The Balaban J connectivity index is 2.11. The van der Waals surface area contributed by atoms with Crippen LogP contribution in [0.1, 0.15) is 0 Å². The molecular weight excluding hydrogens is 459 g/mol. The van der Waals surface area contributed by atoms with Gasteiger partial charge >= 0.3 is 0 Å². The zero-order valence-electron chi connectivity index (χ0n) is 15.9. The number of benzene rings is 4. The predicted octanol–water partition coefficient (Wildman–Crippen LogP) is 6.17. The molecule has 0 bridgehead atoms. The van der Waals surface area contributed by atoms with Crippen molar-refractivity contribution in [2.75, 3.05) is 0 Å². The minimum Gasteiger partial charge on any atom is -0.258 e. The van der Waals surface area contributed by atoms with Crippen LogP contribution >= 0.6 is 23.0 Å². The Kier molecular flexibility index (Phi) is 5.93. The minimum atomic E-state index is -2.42. The summed E-state index contributed by atoms with van der Waals surface area (Å²) in [6, 6.07) is 35.5. The standard InChI is InChI=1S/C24H18BrN2O2P/c25-23-18-19(27(28)29)16-17-24(23)26-30(20-10-4-1-5-11-20,21-12-6-2-7-13-21)22-14-8-3-9-15-22/h1-18H. The van der Waals surface area contributed by atoms with E-state index in [4.69, 9.17) is 4.74 Å². The van der Waals surface area contributed by atoms with Crippen molar-refractivity contribution >= 4 is 50.3 Å². The second-order valence-corrected chi connectivity index (χ2v) is 10.5. The molecule has 0 spiro atoms. The number of rotatable bonds is 5. The smallest absolute Gasteiger partial charge is 0.258 e. The molecule has 0 unspecified atom stereocenters. The van der Waals surface area contributed by atoms with Gasteiger partial charge in [0.05, 0.1) is 17.7 Å². The van der Waals surface area contributed by atoms with Crippen molar-refractivity contribution < 1.29 is 4.92 Å². The van der Waals surface area contributed by atoms with Crippen molar-refractivity contribution in [1.29, 1.82) is 0 Å². The SMILES string of the molecule is O=[N+]([O-])c1ccc(N=P(c2ccccc2)(c2ccccc2)c2ccccc2)c(Br)c1. The van der Waals surface area contributed by atoms with Crippen LogP contribution in [-0.4, -0.2) is 4.92 Å². The molecule has 30 heavy (non-hydrogen) atoms. The van der Waals surface area contributed by atoms with Crippen molar-refractivity contribution in [2.45, 2.75) is 0 Å². The third-order valence-electron chi connectivity index (χ3n) is 4.79. The summed E-state index contributed by atoms with van der Waals surface area (Å²) in [5.41, 5.74) is 0.717. The Bertz CT molecular complexity index is 1130. The van der Waals surface area contributed by atoms with Gasteiger partial charge in [-0.1, -0.05) is 91.0 Å². The van der Waals surface area contributed by atoms with Crippen molar-refractivity contribution in [3.05, 3.63) is 124 Å². The molecule has 6 heteroatoms. The van der Waals surface area contributed by atoms with Crippen LogP contribution in [0.4, 0.5) is 11.4 Å². The second kappa shape index (κ2) is 8.78. The summed E-state index contributed by atoms with van der Waals surface area (Å²) < 4.78 is 5.94. The van der Waals surface area contributed by atoms with E-state index in [-0.39, 0.29) is 5.69 Å². The Labute approximate surface area is 183 Å². The average Bonchev–Trinajstić information content (AvgIpc) is 2.80. The second-order valence-electron chi connectivity index (χ2n) is 6.63. The molecule has 0 amide bonds. The van der Waals surface area contributed by atoms with E-state index in [1.807, 2.05) is 54.6 Å². The number of non-ortho nitro benzene ring substituents is 1. The number of nitro groups is 1. The molecule has 0 aliphatic rings. The number of nitrogens with zero attached hydrogens (tertiary/aromatic N) is 2. The van der Waals surface area contributed by atoms with E-state index >= 15 is 0 Å². The molecule has 4 aromatic carbocycles. The fourth-order valence-electron chi connectivity index (χ4n) is 3.40. The summed E-state index contributed by atoms with van der Waals surface area (Å²) in [5.74, 6) is 0. The number of nitro benzene ring substituents is 1. The van der Waals surface area contributed by atoms with E-state index in [9.17, 15) is 10.1 Å². The molecule has 0 aliphatic carbocycles. The summed E-state index contributed by atoms with van der Waals surface area (Å²) >= 11 is 3.51. The predicted molar refractivity (Wildman–Crippen MR) is 128 cm³/mol. The highest BCUT2D eigenvalue weighted by Crippen LogP contribution is 2.50.